The first-order valence-electron chi connectivity index (χ1n) is 2.92. The molecule has 0 aromatic rings. The predicted molar refractivity (Wildman–Crippen MR) is 35.0 cm³/mol. The summed E-state index contributed by atoms with van der Waals surface area (Å²) in [5, 5.41) is 3.66. The maximum Gasteiger partial charge on any atom is 0.114 e. The zero-order valence-corrected chi connectivity index (χ0v) is 5.72. The molecule has 0 unspecified atom stereocenters. The minimum Gasteiger partial charge on any atom is -0.396 e. The van der Waals surface area contributed by atoms with Gasteiger partial charge in [0.2, 0.25) is 0 Å². The Morgan fingerprint density at radius 2 is 2.25 bits per heavy atom. The smallest absolute Gasteiger partial charge is 0.114 e. The number of hydrogen-bond donors (Lipinski definition) is 0. The Bertz CT molecular complexity index is 68.9. The normalized spacial score (nSPS) is 11.0. The monoisotopic (exact) mass is 115 g/mol. The van der Waals surface area contributed by atoms with E-state index < -0.39 is 0 Å². The molecule has 0 fully saturated rings. The van der Waals surface area contributed by atoms with Gasteiger partial charge in [-0.15, -0.1) is 0 Å². The number of nitrogens with zero attached hydrogens (tertiary/aromatic N) is 1. The molecule has 0 aromatic carbocycles. The van der Waals surface area contributed by atoms with Gasteiger partial charge in [0.1, 0.15) is 6.61 Å². The molecular weight excluding hydrogens is 102 g/mol. The van der Waals surface area contributed by atoms with E-state index in [2.05, 4.69) is 19.0 Å². The van der Waals surface area contributed by atoms with Gasteiger partial charge in [0.25, 0.3) is 0 Å². The van der Waals surface area contributed by atoms with Crippen LogP contribution in [0.3, 0.4) is 0 Å². The third-order valence-electron chi connectivity index (χ3n) is 0.563. The van der Waals surface area contributed by atoms with Crippen LogP contribution in [0.4, 0.5) is 0 Å². The molecule has 0 heterocycles. The van der Waals surface area contributed by atoms with Gasteiger partial charge >= 0.3 is 0 Å². The van der Waals surface area contributed by atoms with Crippen LogP contribution < -0.4 is 0 Å². The zero-order chi connectivity index (χ0) is 6.41. The predicted octanol–water partition coefficient (Wildman–Crippen LogP) is 1.66. The van der Waals surface area contributed by atoms with Gasteiger partial charge in [0.15, 0.2) is 0 Å². The molecule has 0 aromatic heterocycles. The number of oxime groups is 1. The van der Waals surface area contributed by atoms with E-state index in [1.54, 1.807) is 6.21 Å². The molecule has 0 saturated heterocycles. The van der Waals surface area contributed by atoms with Crippen molar-refractivity contribution in [2.45, 2.75) is 20.8 Å². The second-order valence-electron chi connectivity index (χ2n) is 1.92. The van der Waals surface area contributed by atoms with Gasteiger partial charge in [-0.3, -0.25) is 0 Å². The van der Waals surface area contributed by atoms with Crippen molar-refractivity contribution in [3.8, 4) is 0 Å². The van der Waals surface area contributed by atoms with E-state index in [1.165, 1.54) is 0 Å². The molecular formula is C6H13NO. The third kappa shape index (κ3) is 5.47. The minimum absolute atomic E-state index is 0.488. The van der Waals surface area contributed by atoms with Crippen LogP contribution in [0, 0.1) is 5.92 Å². The first-order chi connectivity index (χ1) is 3.77. The SMILES string of the molecule is CCO/N=C\C(C)C. The van der Waals surface area contributed by atoms with E-state index >= 15 is 0 Å². The molecule has 0 aliphatic carbocycles. The van der Waals surface area contributed by atoms with Crippen LogP contribution in [0.15, 0.2) is 5.16 Å². The fourth-order valence-electron chi connectivity index (χ4n) is 0.239. The molecule has 0 spiro atoms. The highest BCUT2D eigenvalue weighted by Gasteiger charge is 1.81. The van der Waals surface area contributed by atoms with Gasteiger partial charge in [0, 0.05) is 6.21 Å². The molecule has 0 radical (unpaired) electrons. The van der Waals surface area contributed by atoms with Crippen LogP contribution in [-0.2, 0) is 4.84 Å². The van der Waals surface area contributed by atoms with Crippen molar-refractivity contribution in [2.75, 3.05) is 6.61 Å². The topological polar surface area (TPSA) is 21.6 Å². The van der Waals surface area contributed by atoms with Crippen LogP contribution in [0.2, 0.25) is 0 Å². The second-order valence-corrected chi connectivity index (χ2v) is 1.92. The van der Waals surface area contributed by atoms with Gasteiger partial charge in [0.05, 0.1) is 0 Å². The van der Waals surface area contributed by atoms with Crippen molar-refractivity contribution in [1.29, 1.82) is 0 Å². The molecule has 0 bridgehead atoms. The Labute approximate surface area is 50.5 Å². The van der Waals surface area contributed by atoms with Gasteiger partial charge < -0.3 is 4.84 Å². The lowest BCUT2D eigenvalue weighted by atomic mass is 10.3. The molecule has 48 valence electrons. The summed E-state index contributed by atoms with van der Waals surface area (Å²) in [5.41, 5.74) is 0. The first kappa shape index (κ1) is 7.47. The van der Waals surface area contributed by atoms with Gasteiger partial charge in [-0.25, -0.2) is 0 Å². The van der Waals surface area contributed by atoms with Crippen LogP contribution in [0.1, 0.15) is 20.8 Å². The molecule has 0 amide bonds. The molecule has 0 aliphatic rings. The Morgan fingerprint density at radius 1 is 1.62 bits per heavy atom. The molecule has 0 aliphatic heterocycles. The lowest BCUT2D eigenvalue weighted by molar-refractivity contribution is 0.159. The Hall–Kier alpha value is -0.530. The summed E-state index contributed by atoms with van der Waals surface area (Å²) in [4.78, 5) is 4.71. The second kappa shape index (κ2) is 4.62. The molecule has 8 heavy (non-hydrogen) atoms. The average Bonchev–Trinajstić information content (AvgIpc) is 1.66. The van der Waals surface area contributed by atoms with Crippen LogP contribution in [-0.4, -0.2) is 12.8 Å². The van der Waals surface area contributed by atoms with Crippen molar-refractivity contribution in [3.05, 3.63) is 0 Å². The van der Waals surface area contributed by atoms with Crippen molar-refractivity contribution in [2.24, 2.45) is 11.1 Å². The highest BCUT2D eigenvalue weighted by molar-refractivity contribution is 5.58. The standard InChI is InChI=1S/C6H13NO/c1-4-8-7-5-6(2)3/h5-6H,4H2,1-3H3/b7-5-. The summed E-state index contributed by atoms with van der Waals surface area (Å²) < 4.78 is 0. The molecule has 2 nitrogen and oxygen atoms in total. The van der Waals surface area contributed by atoms with E-state index in [1.807, 2.05) is 6.92 Å². The lowest BCUT2D eigenvalue weighted by Crippen LogP contribution is -1.88. The van der Waals surface area contributed by atoms with Crippen molar-refractivity contribution < 1.29 is 4.84 Å². The largest absolute Gasteiger partial charge is 0.396 e. The Kier molecular flexibility index (Phi) is 4.32. The molecule has 2 heteroatoms. The minimum atomic E-state index is 0.488. The van der Waals surface area contributed by atoms with Gasteiger partial charge in [-0.05, 0) is 12.8 Å². The highest BCUT2D eigenvalue weighted by Crippen LogP contribution is 1.84. The highest BCUT2D eigenvalue weighted by atomic mass is 16.6. The summed E-state index contributed by atoms with van der Waals surface area (Å²) in [7, 11) is 0. The molecule has 0 saturated carbocycles. The fourth-order valence-corrected chi connectivity index (χ4v) is 0.239. The lowest BCUT2D eigenvalue weighted by Gasteiger charge is -1.92. The Morgan fingerprint density at radius 3 is 2.62 bits per heavy atom. The van der Waals surface area contributed by atoms with Crippen LogP contribution in [0.5, 0.6) is 0 Å². The van der Waals surface area contributed by atoms with Gasteiger partial charge in [-0.2, -0.15) is 0 Å². The van der Waals surface area contributed by atoms with E-state index in [0.29, 0.717) is 12.5 Å². The summed E-state index contributed by atoms with van der Waals surface area (Å²) in [6, 6.07) is 0. The molecule has 0 rings (SSSR count). The van der Waals surface area contributed by atoms with Crippen LogP contribution in [0.25, 0.3) is 0 Å². The maximum atomic E-state index is 4.71. The van der Waals surface area contributed by atoms with E-state index in [-0.39, 0.29) is 0 Å². The molecule has 0 atom stereocenters. The summed E-state index contributed by atoms with van der Waals surface area (Å²) in [6.45, 7) is 6.69. The van der Waals surface area contributed by atoms with E-state index in [9.17, 15) is 0 Å². The average molecular weight is 115 g/mol. The number of rotatable bonds is 3. The zero-order valence-electron chi connectivity index (χ0n) is 5.72. The van der Waals surface area contributed by atoms with Crippen molar-refractivity contribution in [1.82, 2.24) is 0 Å². The van der Waals surface area contributed by atoms with E-state index in [4.69, 9.17) is 4.84 Å². The quantitative estimate of drug-likeness (QED) is 0.405. The van der Waals surface area contributed by atoms with Gasteiger partial charge in [-0.1, -0.05) is 19.0 Å². The first-order valence-corrected chi connectivity index (χ1v) is 2.92. The van der Waals surface area contributed by atoms with Crippen molar-refractivity contribution >= 4 is 6.21 Å². The number of hydrogen-bond acceptors (Lipinski definition) is 2. The summed E-state index contributed by atoms with van der Waals surface area (Å²) >= 11 is 0. The maximum absolute atomic E-state index is 4.71. The molecule has 0 N–H and O–H groups in total. The van der Waals surface area contributed by atoms with Crippen molar-refractivity contribution in [3.63, 3.8) is 0 Å². The third-order valence-corrected chi connectivity index (χ3v) is 0.563. The summed E-state index contributed by atoms with van der Waals surface area (Å²) in [6.07, 6.45) is 1.78. The Balaban J connectivity index is 3.07. The summed E-state index contributed by atoms with van der Waals surface area (Å²) in [5.74, 6) is 0.488. The van der Waals surface area contributed by atoms with E-state index in [0.717, 1.165) is 0 Å². The fraction of sp³-hybridized carbons (Fsp3) is 0.833. The van der Waals surface area contributed by atoms with Crippen LogP contribution >= 0.6 is 0 Å².